The van der Waals surface area contributed by atoms with Crippen molar-refractivity contribution >= 4 is 44.7 Å². The number of hydrogen-bond donors (Lipinski definition) is 0. The minimum atomic E-state index is 0.664. The van der Waals surface area contributed by atoms with E-state index in [4.69, 9.17) is 27.9 Å². The van der Waals surface area contributed by atoms with E-state index in [0.29, 0.717) is 10.0 Å². The summed E-state index contributed by atoms with van der Waals surface area (Å²) in [6, 6.07) is 21.7. The van der Waals surface area contributed by atoms with Crippen molar-refractivity contribution in [1.29, 1.82) is 0 Å². The summed E-state index contributed by atoms with van der Waals surface area (Å²) in [7, 11) is 0. The minimum absolute atomic E-state index is 0.664. The molecule has 0 saturated heterocycles. The number of fused-ring (bicyclic) bond motifs is 2. The van der Waals surface area contributed by atoms with Crippen LogP contribution in [0.5, 0.6) is 11.5 Å². The van der Waals surface area contributed by atoms with Gasteiger partial charge < -0.3 is 4.74 Å². The fourth-order valence-corrected chi connectivity index (χ4v) is 3.47. The van der Waals surface area contributed by atoms with Crippen LogP contribution in [0.2, 0.25) is 10.0 Å². The molecule has 0 aromatic heterocycles. The summed E-state index contributed by atoms with van der Waals surface area (Å²) in [6.07, 6.45) is 0. The highest BCUT2D eigenvalue weighted by molar-refractivity contribution is 6.39. The zero-order valence-corrected chi connectivity index (χ0v) is 14.5. The molecule has 118 valence electrons. The number of benzene rings is 4. The molecular weight excluding hydrogens is 339 g/mol. The molecule has 0 amide bonds. The number of hydrogen-bond acceptors (Lipinski definition) is 1. The van der Waals surface area contributed by atoms with Crippen LogP contribution in [0.15, 0.2) is 66.7 Å². The lowest BCUT2D eigenvalue weighted by atomic mass is 10.0. The van der Waals surface area contributed by atoms with Gasteiger partial charge in [0.25, 0.3) is 0 Å². The molecule has 4 rings (SSSR count). The van der Waals surface area contributed by atoms with Crippen LogP contribution >= 0.6 is 23.2 Å². The second-order valence-electron chi connectivity index (χ2n) is 5.80. The smallest absolute Gasteiger partial charge is 0.144 e. The summed E-state index contributed by atoms with van der Waals surface area (Å²) in [5.74, 6) is 1.52. The van der Waals surface area contributed by atoms with Crippen LogP contribution in [0.3, 0.4) is 0 Å². The van der Waals surface area contributed by atoms with Crippen LogP contribution in [-0.4, -0.2) is 0 Å². The van der Waals surface area contributed by atoms with Gasteiger partial charge in [-0.15, -0.1) is 0 Å². The molecule has 3 heteroatoms. The van der Waals surface area contributed by atoms with E-state index in [1.165, 1.54) is 0 Å². The molecule has 0 fully saturated rings. The van der Waals surface area contributed by atoms with Crippen molar-refractivity contribution in [1.82, 2.24) is 0 Å². The maximum absolute atomic E-state index is 6.49. The molecule has 1 nitrogen and oxygen atoms in total. The predicted octanol–water partition coefficient (Wildman–Crippen LogP) is 7.40. The van der Waals surface area contributed by atoms with Gasteiger partial charge in [-0.1, -0.05) is 59.6 Å². The first-order valence-corrected chi connectivity index (χ1v) is 8.43. The maximum Gasteiger partial charge on any atom is 0.144 e. The second-order valence-corrected chi connectivity index (χ2v) is 6.61. The number of aryl methyl sites for hydroxylation is 1. The van der Waals surface area contributed by atoms with Crippen LogP contribution in [0, 0.1) is 6.92 Å². The van der Waals surface area contributed by atoms with Gasteiger partial charge in [0.1, 0.15) is 11.5 Å². The molecule has 0 aliphatic carbocycles. The van der Waals surface area contributed by atoms with Crippen LogP contribution in [0.1, 0.15) is 5.56 Å². The zero-order chi connectivity index (χ0) is 16.7. The third-order valence-corrected chi connectivity index (χ3v) is 4.72. The predicted molar refractivity (Wildman–Crippen MR) is 103 cm³/mol. The lowest BCUT2D eigenvalue weighted by Crippen LogP contribution is -1.90. The van der Waals surface area contributed by atoms with Crippen LogP contribution < -0.4 is 4.74 Å². The van der Waals surface area contributed by atoms with Crippen molar-refractivity contribution in [2.75, 3.05) is 0 Å². The Bertz CT molecular complexity index is 1070. The SMILES string of the molecule is Cc1cccc(Oc2c3cccc(Cl)c3cc3cccc(Cl)c23)c1. The van der Waals surface area contributed by atoms with Crippen molar-refractivity contribution in [3.63, 3.8) is 0 Å². The lowest BCUT2D eigenvalue weighted by Gasteiger charge is -2.15. The van der Waals surface area contributed by atoms with Gasteiger partial charge in [-0.3, -0.25) is 0 Å². The summed E-state index contributed by atoms with van der Waals surface area (Å²) in [5, 5.41) is 5.17. The van der Waals surface area contributed by atoms with Gasteiger partial charge in [0, 0.05) is 21.2 Å². The van der Waals surface area contributed by atoms with Crippen molar-refractivity contribution in [2.24, 2.45) is 0 Å². The number of ether oxygens (including phenoxy) is 1. The van der Waals surface area contributed by atoms with Crippen LogP contribution in [0.4, 0.5) is 0 Å². The van der Waals surface area contributed by atoms with E-state index in [-0.39, 0.29) is 0 Å². The highest BCUT2D eigenvalue weighted by Gasteiger charge is 2.14. The fraction of sp³-hybridized carbons (Fsp3) is 0.0476. The van der Waals surface area contributed by atoms with Gasteiger partial charge in [0.2, 0.25) is 0 Å². The molecule has 0 atom stereocenters. The molecule has 0 heterocycles. The van der Waals surface area contributed by atoms with E-state index >= 15 is 0 Å². The standard InChI is InChI=1S/C21H14Cl2O/c1-13-5-2-7-15(11-13)24-21-16-8-4-9-18(22)17(16)12-14-6-3-10-19(23)20(14)21/h2-12H,1H3. The third kappa shape index (κ3) is 2.60. The molecule has 0 N–H and O–H groups in total. The summed E-state index contributed by atoms with van der Waals surface area (Å²) >= 11 is 12.9. The van der Waals surface area contributed by atoms with E-state index in [0.717, 1.165) is 38.6 Å². The van der Waals surface area contributed by atoms with Crippen molar-refractivity contribution in [3.05, 3.63) is 82.3 Å². The molecule has 0 bridgehead atoms. The van der Waals surface area contributed by atoms with Crippen molar-refractivity contribution in [2.45, 2.75) is 6.92 Å². The summed E-state index contributed by atoms with van der Waals surface area (Å²) in [6.45, 7) is 2.04. The Morgan fingerprint density at radius 2 is 1.50 bits per heavy atom. The Hall–Kier alpha value is -2.22. The van der Waals surface area contributed by atoms with Crippen molar-refractivity contribution < 1.29 is 4.74 Å². The van der Waals surface area contributed by atoms with Gasteiger partial charge in [-0.05, 0) is 48.2 Å². The Labute approximate surface area is 150 Å². The minimum Gasteiger partial charge on any atom is -0.456 e. The fourth-order valence-electron chi connectivity index (χ4n) is 2.98. The molecule has 4 aromatic rings. The highest BCUT2D eigenvalue weighted by atomic mass is 35.5. The van der Waals surface area contributed by atoms with Crippen molar-refractivity contribution in [3.8, 4) is 11.5 Å². The summed E-state index contributed by atoms with van der Waals surface area (Å²) in [4.78, 5) is 0. The number of halogens is 2. The number of rotatable bonds is 2. The molecule has 0 unspecified atom stereocenters. The highest BCUT2D eigenvalue weighted by Crippen LogP contribution is 2.42. The van der Waals surface area contributed by atoms with Crippen LogP contribution in [-0.2, 0) is 0 Å². The second kappa shape index (κ2) is 6.01. The summed E-state index contributed by atoms with van der Waals surface area (Å²) in [5.41, 5.74) is 1.14. The van der Waals surface area contributed by atoms with Gasteiger partial charge in [-0.25, -0.2) is 0 Å². The quantitative estimate of drug-likeness (QED) is 0.341. The molecule has 0 radical (unpaired) electrons. The van der Waals surface area contributed by atoms with Crippen LogP contribution in [0.25, 0.3) is 21.5 Å². The summed E-state index contributed by atoms with van der Waals surface area (Å²) < 4.78 is 6.28. The first-order chi connectivity index (χ1) is 11.6. The average Bonchev–Trinajstić information content (AvgIpc) is 2.56. The zero-order valence-electron chi connectivity index (χ0n) is 13.0. The van der Waals surface area contributed by atoms with Gasteiger partial charge in [0.05, 0.1) is 5.02 Å². The average molecular weight is 353 g/mol. The first kappa shape index (κ1) is 15.3. The molecule has 0 aliphatic heterocycles. The molecule has 0 saturated carbocycles. The first-order valence-electron chi connectivity index (χ1n) is 7.67. The van der Waals surface area contributed by atoms with E-state index < -0.39 is 0 Å². The molecule has 0 aliphatic rings. The lowest BCUT2D eigenvalue weighted by molar-refractivity contribution is 0.493. The molecular formula is C21H14Cl2O. The van der Waals surface area contributed by atoms with Gasteiger partial charge in [0.15, 0.2) is 0 Å². The normalized spacial score (nSPS) is 11.1. The Balaban J connectivity index is 2.07. The van der Waals surface area contributed by atoms with E-state index in [1.807, 2.05) is 67.6 Å². The molecule has 0 spiro atoms. The Kier molecular flexibility index (Phi) is 3.84. The third-order valence-electron chi connectivity index (χ3n) is 4.08. The Morgan fingerprint density at radius 1 is 0.750 bits per heavy atom. The maximum atomic E-state index is 6.49. The monoisotopic (exact) mass is 352 g/mol. The van der Waals surface area contributed by atoms with E-state index in [9.17, 15) is 0 Å². The van der Waals surface area contributed by atoms with E-state index in [2.05, 4.69) is 6.07 Å². The Morgan fingerprint density at radius 3 is 2.33 bits per heavy atom. The van der Waals surface area contributed by atoms with Gasteiger partial charge in [-0.2, -0.15) is 0 Å². The largest absolute Gasteiger partial charge is 0.456 e. The molecule has 24 heavy (non-hydrogen) atoms. The molecule has 4 aromatic carbocycles. The van der Waals surface area contributed by atoms with Gasteiger partial charge >= 0.3 is 0 Å². The topological polar surface area (TPSA) is 9.23 Å². The van der Waals surface area contributed by atoms with E-state index in [1.54, 1.807) is 0 Å².